The van der Waals surface area contributed by atoms with Crippen molar-refractivity contribution in [1.29, 1.82) is 0 Å². The van der Waals surface area contributed by atoms with E-state index in [0.29, 0.717) is 12.5 Å². The highest BCUT2D eigenvalue weighted by molar-refractivity contribution is 5.99. The first-order valence-electron chi connectivity index (χ1n) is 6.36. The molecule has 5 nitrogen and oxygen atoms in total. The Morgan fingerprint density at radius 3 is 2.60 bits per heavy atom. The van der Waals surface area contributed by atoms with Crippen LogP contribution in [0.4, 0.5) is 14.9 Å². The zero-order valence-electron chi connectivity index (χ0n) is 11.8. The number of urea groups is 1. The number of carbonyl (C=O) groups excluding carboxylic acids is 1. The molecule has 1 aromatic rings. The quantitative estimate of drug-likeness (QED) is 0.872. The Kier molecular flexibility index (Phi) is 5.49. The van der Waals surface area contributed by atoms with Gasteiger partial charge in [-0.15, -0.1) is 0 Å². The third kappa shape index (κ3) is 4.53. The molecule has 0 atom stereocenters. The van der Waals surface area contributed by atoms with E-state index in [1.165, 1.54) is 11.0 Å². The van der Waals surface area contributed by atoms with Crippen molar-refractivity contribution in [1.82, 2.24) is 4.90 Å². The first-order chi connectivity index (χ1) is 9.31. The van der Waals surface area contributed by atoms with Crippen molar-refractivity contribution >= 4 is 17.7 Å². The summed E-state index contributed by atoms with van der Waals surface area (Å²) < 4.78 is 13.0. The van der Waals surface area contributed by atoms with Crippen LogP contribution in [0.25, 0.3) is 0 Å². The van der Waals surface area contributed by atoms with Crippen molar-refractivity contribution < 1.29 is 19.1 Å². The Balaban J connectivity index is 2.77. The van der Waals surface area contributed by atoms with E-state index in [4.69, 9.17) is 5.11 Å². The van der Waals surface area contributed by atoms with Crippen molar-refractivity contribution in [3.63, 3.8) is 0 Å². The van der Waals surface area contributed by atoms with Crippen LogP contribution in [0, 0.1) is 11.7 Å². The molecule has 0 spiro atoms. The summed E-state index contributed by atoms with van der Waals surface area (Å²) in [7, 11) is 1.63. The fraction of sp³-hybridized carbons (Fsp3) is 0.429. The second-order valence-electron chi connectivity index (χ2n) is 5.03. The summed E-state index contributed by atoms with van der Waals surface area (Å²) in [6.45, 7) is 4.66. The lowest BCUT2D eigenvalue weighted by Crippen LogP contribution is -2.33. The Morgan fingerprint density at radius 1 is 1.40 bits per heavy atom. The molecule has 1 rings (SSSR count). The fourth-order valence-electron chi connectivity index (χ4n) is 1.57. The number of hydrogen-bond acceptors (Lipinski definition) is 2. The van der Waals surface area contributed by atoms with Crippen LogP contribution < -0.4 is 5.32 Å². The molecule has 0 radical (unpaired) electrons. The molecule has 20 heavy (non-hydrogen) atoms. The average Bonchev–Trinajstić information content (AvgIpc) is 2.37. The predicted molar refractivity (Wildman–Crippen MR) is 74.5 cm³/mol. The molecule has 0 saturated carbocycles. The molecule has 0 heterocycles. The van der Waals surface area contributed by atoms with Crippen LogP contribution in [0.15, 0.2) is 18.2 Å². The number of hydrogen-bond donors (Lipinski definition) is 2. The number of carboxylic acids is 1. The molecule has 2 N–H and O–H groups in total. The Morgan fingerprint density at radius 2 is 2.05 bits per heavy atom. The van der Waals surface area contributed by atoms with Gasteiger partial charge in [0.1, 0.15) is 5.82 Å². The second-order valence-corrected chi connectivity index (χ2v) is 5.03. The van der Waals surface area contributed by atoms with Crippen LogP contribution in [0.1, 0.15) is 30.6 Å². The minimum absolute atomic E-state index is 0.0836. The molecular formula is C14H19FN2O3. The molecular weight excluding hydrogens is 263 g/mol. The van der Waals surface area contributed by atoms with Gasteiger partial charge in [0.2, 0.25) is 0 Å². The second kappa shape index (κ2) is 6.88. The van der Waals surface area contributed by atoms with E-state index in [9.17, 15) is 14.0 Å². The fourth-order valence-corrected chi connectivity index (χ4v) is 1.57. The molecule has 0 aromatic heterocycles. The normalized spacial score (nSPS) is 10.4. The summed E-state index contributed by atoms with van der Waals surface area (Å²) in [6.07, 6.45) is 0.846. The average molecular weight is 282 g/mol. The summed E-state index contributed by atoms with van der Waals surface area (Å²) in [5, 5.41) is 11.5. The van der Waals surface area contributed by atoms with E-state index < -0.39 is 17.8 Å². The van der Waals surface area contributed by atoms with Crippen LogP contribution in [-0.4, -0.2) is 35.6 Å². The van der Waals surface area contributed by atoms with Gasteiger partial charge in [-0.2, -0.15) is 0 Å². The van der Waals surface area contributed by atoms with E-state index in [1.807, 2.05) is 13.8 Å². The molecule has 0 unspecified atom stereocenters. The molecule has 0 fully saturated rings. The van der Waals surface area contributed by atoms with Gasteiger partial charge in [0.15, 0.2) is 0 Å². The maximum absolute atomic E-state index is 13.0. The van der Waals surface area contributed by atoms with Crippen LogP contribution in [0.3, 0.4) is 0 Å². The van der Waals surface area contributed by atoms with Gasteiger partial charge in [-0.25, -0.2) is 14.0 Å². The van der Waals surface area contributed by atoms with Gasteiger partial charge >= 0.3 is 12.0 Å². The van der Waals surface area contributed by atoms with Crippen LogP contribution in [0.5, 0.6) is 0 Å². The van der Waals surface area contributed by atoms with E-state index >= 15 is 0 Å². The smallest absolute Gasteiger partial charge is 0.337 e. The summed E-state index contributed by atoms with van der Waals surface area (Å²) in [5.74, 6) is -1.48. The number of carbonyl (C=O) groups is 2. The number of nitrogens with one attached hydrogen (secondary N) is 1. The topological polar surface area (TPSA) is 69.6 Å². The molecule has 6 heteroatoms. The summed E-state index contributed by atoms with van der Waals surface area (Å²) in [4.78, 5) is 24.4. The largest absolute Gasteiger partial charge is 0.478 e. The first kappa shape index (κ1) is 15.9. The number of amides is 2. The van der Waals surface area contributed by atoms with E-state index in [-0.39, 0.29) is 11.3 Å². The van der Waals surface area contributed by atoms with Gasteiger partial charge in [-0.3, -0.25) is 0 Å². The third-order valence-corrected chi connectivity index (χ3v) is 2.84. The van der Waals surface area contributed by atoms with Gasteiger partial charge in [0, 0.05) is 13.6 Å². The van der Waals surface area contributed by atoms with Gasteiger partial charge in [-0.05, 0) is 30.5 Å². The van der Waals surface area contributed by atoms with Crippen LogP contribution >= 0.6 is 0 Å². The maximum atomic E-state index is 13.0. The Labute approximate surface area is 117 Å². The summed E-state index contributed by atoms with van der Waals surface area (Å²) in [6, 6.07) is 2.81. The van der Waals surface area contributed by atoms with Gasteiger partial charge < -0.3 is 15.3 Å². The minimum atomic E-state index is -1.29. The zero-order valence-corrected chi connectivity index (χ0v) is 11.8. The Hall–Kier alpha value is -2.11. The lowest BCUT2D eigenvalue weighted by Gasteiger charge is -2.19. The predicted octanol–water partition coefficient (Wildman–Crippen LogP) is 3.03. The molecule has 2 amide bonds. The number of halogens is 1. The van der Waals surface area contributed by atoms with Crippen molar-refractivity contribution in [3.8, 4) is 0 Å². The number of aromatic carboxylic acids is 1. The lowest BCUT2D eigenvalue weighted by atomic mass is 10.1. The molecule has 0 aliphatic carbocycles. The Bertz CT molecular complexity index is 503. The first-order valence-corrected chi connectivity index (χ1v) is 6.36. The SMILES string of the molecule is CC(C)CCN(C)C(=O)Nc1ccc(F)cc1C(=O)O. The van der Waals surface area contributed by atoms with Crippen molar-refractivity contribution in [3.05, 3.63) is 29.6 Å². The molecule has 0 aliphatic rings. The van der Waals surface area contributed by atoms with Crippen LogP contribution in [-0.2, 0) is 0 Å². The highest BCUT2D eigenvalue weighted by Crippen LogP contribution is 2.17. The highest BCUT2D eigenvalue weighted by Gasteiger charge is 2.15. The molecule has 1 aromatic carbocycles. The summed E-state index contributed by atoms with van der Waals surface area (Å²) in [5.41, 5.74) is -0.184. The van der Waals surface area contributed by atoms with Gasteiger partial charge in [-0.1, -0.05) is 13.8 Å². The van der Waals surface area contributed by atoms with E-state index in [0.717, 1.165) is 18.6 Å². The highest BCUT2D eigenvalue weighted by atomic mass is 19.1. The van der Waals surface area contributed by atoms with Crippen molar-refractivity contribution in [2.75, 3.05) is 18.9 Å². The van der Waals surface area contributed by atoms with Crippen molar-refractivity contribution in [2.45, 2.75) is 20.3 Å². The minimum Gasteiger partial charge on any atom is -0.478 e. The molecule has 0 aliphatic heterocycles. The maximum Gasteiger partial charge on any atom is 0.337 e. The summed E-state index contributed by atoms with van der Waals surface area (Å²) >= 11 is 0. The van der Waals surface area contributed by atoms with Gasteiger partial charge in [0.25, 0.3) is 0 Å². The standard InChI is InChI=1S/C14H19FN2O3/c1-9(2)6-7-17(3)14(20)16-12-5-4-10(15)8-11(12)13(18)19/h4-5,8-9H,6-7H2,1-3H3,(H,16,20)(H,18,19). The lowest BCUT2D eigenvalue weighted by molar-refractivity contribution is 0.0697. The van der Waals surface area contributed by atoms with Crippen molar-refractivity contribution in [2.24, 2.45) is 5.92 Å². The molecule has 110 valence electrons. The van der Waals surface area contributed by atoms with E-state index in [2.05, 4.69) is 5.32 Å². The van der Waals surface area contributed by atoms with Crippen LogP contribution in [0.2, 0.25) is 0 Å². The van der Waals surface area contributed by atoms with Gasteiger partial charge in [0.05, 0.1) is 11.3 Å². The number of nitrogens with zero attached hydrogens (tertiary/aromatic N) is 1. The molecule has 0 bridgehead atoms. The number of anilines is 1. The molecule has 0 saturated heterocycles. The number of rotatable bonds is 5. The van der Waals surface area contributed by atoms with E-state index in [1.54, 1.807) is 7.05 Å². The zero-order chi connectivity index (χ0) is 15.3. The number of benzene rings is 1. The number of carboxylic acid groups (broad SMARTS) is 1. The third-order valence-electron chi connectivity index (χ3n) is 2.84. The monoisotopic (exact) mass is 282 g/mol.